The van der Waals surface area contributed by atoms with E-state index in [0.717, 1.165) is 10.7 Å². The van der Waals surface area contributed by atoms with E-state index >= 15 is 4.79 Å². The number of hydrogen-bond acceptors (Lipinski definition) is 9. The number of hydrogen-bond donors (Lipinski definition) is 2. The second-order valence-corrected chi connectivity index (χ2v) is 16.5. The Balaban J connectivity index is 1.11. The van der Waals surface area contributed by atoms with Crippen molar-refractivity contribution in [2.75, 3.05) is 29.3 Å². The summed E-state index contributed by atoms with van der Waals surface area (Å²) in [6.45, 7) is 1.76. The van der Waals surface area contributed by atoms with Gasteiger partial charge < -0.3 is 10.0 Å². The van der Waals surface area contributed by atoms with Crippen molar-refractivity contribution in [1.82, 2.24) is 5.01 Å². The molecule has 4 aliphatic rings. The summed E-state index contributed by atoms with van der Waals surface area (Å²) in [6.07, 6.45) is 2.20. The highest BCUT2D eigenvalue weighted by Gasteiger charge is 2.70. The second-order valence-electron chi connectivity index (χ2n) is 16.0. The Morgan fingerprint density at radius 3 is 2.10 bits per heavy atom. The molecule has 2 heterocycles. The third-order valence-electron chi connectivity index (χ3n) is 12.6. The molecule has 60 heavy (non-hydrogen) atoms. The van der Waals surface area contributed by atoms with Gasteiger partial charge in [0.05, 0.1) is 45.9 Å². The number of para-hydroxylation sites is 1. The SMILES string of the molecule is Cc1cccc(C2C3=CCC4C(=O)N(c5ccc(N=Nc6ccc(N(C)C)cc6)cc5)C(=O)C4C3CC3C(=O)N(Nc4ccc(F)cc4)C(=O)C32c2ccc(Cl)cc2)c1O. The predicted octanol–water partition coefficient (Wildman–Crippen LogP) is 9.16. The number of amides is 4. The highest BCUT2D eigenvalue weighted by atomic mass is 35.5. The molecule has 0 spiro atoms. The van der Waals surface area contributed by atoms with Crippen molar-refractivity contribution >= 4 is 63.7 Å². The van der Waals surface area contributed by atoms with Gasteiger partial charge in [0.1, 0.15) is 11.6 Å². The Morgan fingerprint density at radius 1 is 0.800 bits per heavy atom. The number of imide groups is 2. The van der Waals surface area contributed by atoms with Crippen LogP contribution in [0.5, 0.6) is 5.75 Å². The van der Waals surface area contributed by atoms with Gasteiger partial charge in [-0.15, -0.1) is 0 Å². The maximum Gasteiger partial charge on any atom is 0.260 e. The lowest BCUT2D eigenvalue weighted by atomic mass is 9.49. The van der Waals surface area contributed by atoms with Gasteiger partial charge in [0.2, 0.25) is 11.8 Å². The molecule has 9 rings (SSSR count). The highest BCUT2D eigenvalue weighted by Crippen LogP contribution is 2.65. The summed E-state index contributed by atoms with van der Waals surface area (Å²) in [6, 6.07) is 31.7. The van der Waals surface area contributed by atoms with Gasteiger partial charge in [-0.1, -0.05) is 53.6 Å². The number of hydrazine groups is 1. The lowest BCUT2D eigenvalue weighted by Crippen LogP contribution is -2.53. The highest BCUT2D eigenvalue weighted by molar-refractivity contribution is 6.30. The average molecular weight is 823 g/mol. The molecule has 1 saturated carbocycles. The molecule has 0 aromatic heterocycles. The molecular formula is C47H40ClFN6O5. The minimum atomic E-state index is -1.61. The minimum Gasteiger partial charge on any atom is -0.507 e. The van der Waals surface area contributed by atoms with Gasteiger partial charge in [-0.25, -0.2) is 4.39 Å². The number of rotatable bonds is 8. The molecule has 302 valence electrons. The van der Waals surface area contributed by atoms with Crippen LogP contribution in [-0.2, 0) is 24.6 Å². The number of anilines is 3. The molecular weight excluding hydrogens is 783 g/mol. The molecule has 5 aromatic rings. The van der Waals surface area contributed by atoms with Crippen LogP contribution in [0.1, 0.15) is 35.4 Å². The molecule has 2 aliphatic heterocycles. The number of nitrogens with one attached hydrogen (secondary N) is 1. The van der Waals surface area contributed by atoms with Gasteiger partial charge in [-0.05, 0) is 122 Å². The normalized spacial score (nSPS) is 24.7. The van der Waals surface area contributed by atoms with E-state index in [1.165, 1.54) is 29.2 Å². The fourth-order valence-corrected chi connectivity index (χ4v) is 9.90. The van der Waals surface area contributed by atoms with E-state index in [1.807, 2.05) is 49.3 Å². The molecule has 11 nitrogen and oxygen atoms in total. The summed E-state index contributed by atoms with van der Waals surface area (Å²) < 4.78 is 13.9. The monoisotopic (exact) mass is 822 g/mol. The molecule has 2 N–H and O–H groups in total. The van der Waals surface area contributed by atoms with E-state index in [4.69, 9.17) is 11.6 Å². The quantitative estimate of drug-likeness (QED) is 0.0906. The van der Waals surface area contributed by atoms with Gasteiger partial charge >= 0.3 is 0 Å². The fourth-order valence-electron chi connectivity index (χ4n) is 9.77. The van der Waals surface area contributed by atoms with Crippen LogP contribution in [0.15, 0.2) is 137 Å². The molecule has 5 aromatic carbocycles. The number of phenols is 1. The molecule has 3 fully saturated rings. The van der Waals surface area contributed by atoms with Crippen LogP contribution < -0.4 is 15.2 Å². The Labute approximate surface area is 350 Å². The summed E-state index contributed by atoms with van der Waals surface area (Å²) in [4.78, 5) is 62.5. The number of azo groups is 1. The number of phenolic OH excluding ortho intramolecular Hbond substituents is 1. The maximum absolute atomic E-state index is 15.3. The summed E-state index contributed by atoms with van der Waals surface area (Å²) in [7, 11) is 3.91. The summed E-state index contributed by atoms with van der Waals surface area (Å²) in [5.74, 6) is -6.59. The first kappa shape index (κ1) is 38.8. The van der Waals surface area contributed by atoms with E-state index in [-0.39, 0.29) is 24.5 Å². The standard InChI is InChI=1S/C47H40ClFN6O5/c1-26-5-4-6-37(42(26)56)41-35-23-24-36-40(45(59)54(43(36)57)34-21-17-31(18-22-34)51-50-30-15-19-33(20-16-30)53(2)3)38(35)25-39-44(58)55(52-32-13-11-29(49)12-14-32)46(60)47(39,41)27-7-9-28(48)10-8-27/h4-23,36,38-41,52,56H,24-25H2,1-3H3. The lowest BCUT2D eigenvalue weighted by molar-refractivity contribution is -0.138. The van der Waals surface area contributed by atoms with Gasteiger partial charge in [0.25, 0.3) is 11.8 Å². The number of benzene rings is 5. The van der Waals surface area contributed by atoms with Crippen LogP contribution in [0.25, 0.3) is 0 Å². The Hall–Kier alpha value is -6.66. The molecule has 0 radical (unpaired) electrons. The van der Waals surface area contributed by atoms with Crippen molar-refractivity contribution in [3.8, 4) is 5.75 Å². The number of aromatic hydroxyl groups is 1. The van der Waals surface area contributed by atoms with E-state index < -0.39 is 58.5 Å². The van der Waals surface area contributed by atoms with E-state index in [1.54, 1.807) is 73.7 Å². The van der Waals surface area contributed by atoms with Crippen molar-refractivity contribution in [2.45, 2.75) is 31.1 Å². The Bertz CT molecular complexity index is 2620. The van der Waals surface area contributed by atoms with Crippen LogP contribution in [0.2, 0.25) is 5.02 Å². The van der Waals surface area contributed by atoms with Gasteiger partial charge in [0.15, 0.2) is 0 Å². The predicted molar refractivity (Wildman–Crippen MR) is 226 cm³/mol. The zero-order valence-corrected chi connectivity index (χ0v) is 33.7. The number of carbonyl (C=O) groups is 4. The average Bonchev–Trinajstić information content (AvgIpc) is 3.63. The molecule has 2 saturated heterocycles. The first-order valence-electron chi connectivity index (χ1n) is 19.7. The fraction of sp³-hybridized carbons (Fsp3) is 0.234. The first-order chi connectivity index (χ1) is 28.9. The van der Waals surface area contributed by atoms with E-state index in [2.05, 4.69) is 15.7 Å². The molecule has 2 aliphatic carbocycles. The number of carbonyl (C=O) groups excluding carboxylic acids is 4. The minimum absolute atomic E-state index is 0.0401. The first-order valence-corrected chi connectivity index (χ1v) is 20.1. The summed E-state index contributed by atoms with van der Waals surface area (Å²) >= 11 is 6.39. The van der Waals surface area contributed by atoms with E-state index in [9.17, 15) is 23.9 Å². The largest absolute Gasteiger partial charge is 0.507 e. The maximum atomic E-state index is 15.3. The van der Waals surface area contributed by atoms with Crippen molar-refractivity contribution < 1.29 is 28.7 Å². The number of halogens is 2. The number of allylic oxidation sites excluding steroid dienone is 2. The van der Waals surface area contributed by atoms with Crippen LogP contribution in [-0.4, -0.2) is 47.8 Å². The van der Waals surface area contributed by atoms with Crippen LogP contribution in [0.4, 0.5) is 32.8 Å². The molecule has 6 atom stereocenters. The lowest BCUT2D eigenvalue weighted by Gasteiger charge is -2.50. The Kier molecular flexibility index (Phi) is 9.62. The van der Waals surface area contributed by atoms with Crippen molar-refractivity contribution in [2.24, 2.45) is 33.9 Å². The van der Waals surface area contributed by atoms with Crippen LogP contribution >= 0.6 is 11.6 Å². The van der Waals surface area contributed by atoms with Gasteiger partial charge in [0, 0.05) is 36.3 Å². The van der Waals surface area contributed by atoms with Crippen LogP contribution in [0, 0.1) is 36.4 Å². The second kappa shape index (κ2) is 14.9. The Morgan fingerprint density at radius 2 is 1.45 bits per heavy atom. The third kappa shape index (κ3) is 6.16. The molecule has 0 bridgehead atoms. The number of nitrogens with zero attached hydrogens (tertiary/aromatic N) is 5. The van der Waals surface area contributed by atoms with Gasteiger partial charge in [-0.2, -0.15) is 15.2 Å². The third-order valence-corrected chi connectivity index (χ3v) is 12.8. The van der Waals surface area contributed by atoms with Crippen molar-refractivity contribution in [1.29, 1.82) is 0 Å². The molecule has 4 amide bonds. The van der Waals surface area contributed by atoms with Crippen molar-refractivity contribution in [3.05, 3.63) is 154 Å². The summed E-state index contributed by atoms with van der Waals surface area (Å²) in [5.41, 5.74) is 6.45. The van der Waals surface area contributed by atoms with Crippen LogP contribution in [0.3, 0.4) is 0 Å². The number of fused-ring (bicyclic) bond motifs is 4. The zero-order chi connectivity index (χ0) is 42.0. The van der Waals surface area contributed by atoms with Gasteiger partial charge in [-0.3, -0.25) is 29.5 Å². The smallest absolute Gasteiger partial charge is 0.260 e. The topological polar surface area (TPSA) is 135 Å². The molecule has 13 heteroatoms. The molecule has 6 unspecified atom stereocenters. The zero-order valence-electron chi connectivity index (χ0n) is 32.9. The summed E-state index contributed by atoms with van der Waals surface area (Å²) in [5, 5.41) is 21.9. The van der Waals surface area contributed by atoms with E-state index in [0.29, 0.717) is 50.0 Å². The van der Waals surface area contributed by atoms with Crippen molar-refractivity contribution in [3.63, 3.8) is 0 Å². The number of aryl methyl sites for hydroxylation is 1.